The van der Waals surface area contributed by atoms with Crippen LogP contribution in [-0.4, -0.2) is 32.1 Å². The summed E-state index contributed by atoms with van der Waals surface area (Å²) in [7, 11) is 1.54. The minimum atomic E-state index is 0.222. The normalized spacial score (nSPS) is 10.2. The van der Waals surface area contributed by atoms with Crippen molar-refractivity contribution in [3.63, 3.8) is 0 Å². The number of hydrogen-bond acceptors (Lipinski definition) is 6. The summed E-state index contributed by atoms with van der Waals surface area (Å²) in [5.41, 5.74) is 0.836. The van der Waals surface area contributed by atoms with Crippen LogP contribution in [0.4, 0.5) is 0 Å². The second-order valence-electron chi connectivity index (χ2n) is 3.83. The van der Waals surface area contributed by atoms with E-state index in [1.54, 1.807) is 29.3 Å². The van der Waals surface area contributed by atoms with E-state index in [1.807, 2.05) is 24.3 Å². The molecule has 3 rings (SSSR count). The van der Waals surface area contributed by atoms with E-state index in [9.17, 15) is 0 Å². The maximum Gasteiger partial charge on any atom is 0.325 e. The van der Waals surface area contributed by atoms with Crippen molar-refractivity contribution in [2.24, 2.45) is 0 Å². The number of benzene rings is 1. The van der Waals surface area contributed by atoms with Crippen LogP contribution in [0.15, 0.2) is 48.9 Å². The van der Waals surface area contributed by atoms with E-state index in [0.29, 0.717) is 11.6 Å². The molecule has 0 fully saturated rings. The summed E-state index contributed by atoms with van der Waals surface area (Å²) in [6.07, 6.45) is 4.93. The molecular formula is C13H11N5O2. The smallest absolute Gasteiger partial charge is 0.325 e. The van der Waals surface area contributed by atoms with Crippen LogP contribution in [0.1, 0.15) is 0 Å². The van der Waals surface area contributed by atoms with Crippen molar-refractivity contribution in [3.8, 4) is 23.3 Å². The van der Waals surface area contributed by atoms with Gasteiger partial charge in [0.15, 0.2) is 0 Å². The van der Waals surface area contributed by atoms with Gasteiger partial charge in [0.1, 0.15) is 5.75 Å². The lowest BCUT2D eigenvalue weighted by Gasteiger charge is -2.06. The first kappa shape index (κ1) is 12.1. The highest BCUT2D eigenvalue weighted by molar-refractivity contribution is 5.39. The fourth-order valence-electron chi connectivity index (χ4n) is 1.63. The molecule has 0 atom stereocenters. The summed E-state index contributed by atoms with van der Waals surface area (Å²) >= 11 is 0. The minimum Gasteiger partial charge on any atom is -0.481 e. The molecule has 1 aromatic carbocycles. The third-order valence-corrected chi connectivity index (χ3v) is 2.53. The highest BCUT2D eigenvalue weighted by Crippen LogP contribution is 2.21. The van der Waals surface area contributed by atoms with Crippen molar-refractivity contribution in [1.29, 1.82) is 0 Å². The molecule has 100 valence electrons. The quantitative estimate of drug-likeness (QED) is 0.719. The first-order chi connectivity index (χ1) is 9.85. The third-order valence-electron chi connectivity index (χ3n) is 2.53. The molecule has 0 saturated carbocycles. The van der Waals surface area contributed by atoms with Crippen LogP contribution in [0.3, 0.4) is 0 Å². The molecule has 0 saturated heterocycles. The predicted octanol–water partition coefficient (Wildman–Crippen LogP) is 1.86. The summed E-state index contributed by atoms with van der Waals surface area (Å²) in [6, 6.07) is 9.25. The fourth-order valence-corrected chi connectivity index (χ4v) is 1.63. The summed E-state index contributed by atoms with van der Waals surface area (Å²) in [6.45, 7) is 0. The van der Waals surface area contributed by atoms with E-state index in [-0.39, 0.29) is 6.01 Å². The molecule has 7 heteroatoms. The summed E-state index contributed by atoms with van der Waals surface area (Å²) in [4.78, 5) is 8.12. The second kappa shape index (κ2) is 5.35. The minimum absolute atomic E-state index is 0.222. The zero-order valence-corrected chi connectivity index (χ0v) is 10.7. The zero-order valence-electron chi connectivity index (χ0n) is 10.7. The number of rotatable bonds is 4. The van der Waals surface area contributed by atoms with Crippen molar-refractivity contribution >= 4 is 0 Å². The van der Waals surface area contributed by atoms with Crippen LogP contribution in [0.2, 0.25) is 0 Å². The van der Waals surface area contributed by atoms with Crippen molar-refractivity contribution in [2.75, 3.05) is 7.11 Å². The van der Waals surface area contributed by atoms with Crippen LogP contribution in [0, 0.1) is 0 Å². The van der Waals surface area contributed by atoms with E-state index in [2.05, 4.69) is 20.3 Å². The average molecular weight is 269 g/mol. The van der Waals surface area contributed by atoms with Gasteiger partial charge in [0.05, 0.1) is 25.2 Å². The lowest BCUT2D eigenvalue weighted by Crippen LogP contribution is -1.97. The first-order valence-electron chi connectivity index (χ1n) is 5.87. The van der Waals surface area contributed by atoms with Crippen molar-refractivity contribution in [1.82, 2.24) is 25.0 Å². The molecule has 2 heterocycles. The van der Waals surface area contributed by atoms with Crippen LogP contribution < -0.4 is 9.47 Å². The van der Waals surface area contributed by atoms with Crippen LogP contribution in [0.5, 0.6) is 17.6 Å². The van der Waals surface area contributed by atoms with Crippen molar-refractivity contribution < 1.29 is 9.47 Å². The van der Waals surface area contributed by atoms with Crippen LogP contribution in [0.25, 0.3) is 5.69 Å². The van der Waals surface area contributed by atoms with E-state index in [4.69, 9.17) is 9.47 Å². The Bertz CT molecular complexity index is 699. The topological polar surface area (TPSA) is 75.0 Å². The van der Waals surface area contributed by atoms with Crippen molar-refractivity contribution in [2.45, 2.75) is 0 Å². The Labute approximate surface area is 114 Å². The maximum absolute atomic E-state index is 5.60. The molecule has 0 spiro atoms. The summed E-state index contributed by atoms with van der Waals surface area (Å²) in [5.74, 6) is 1.05. The molecule has 3 aromatic rings. The molecular weight excluding hydrogens is 258 g/mol. The van der Waals surface area contributed by atoms with Crippen LogP contribution >= 0.6 is 0 Å². The molecule has 0 aliphatic heterocycles. The lowest BCUT2D eigenvalue weighted by molar-refractivity contribution is 0.376. The molecule has 20 heavy (non-hydrogen) atoms. The number of ether oxygens (including phenoxy) is 2. The Morgan fingerprint density at radius 1 is 1.15 bits per heavy atom. The molecule has 0 unspecified atom stereocenters. The van der Waals surface area contributed by atoms with E-state index in [1.165, 1.54) is 7.11 Å². The molecule has 0 amide bonds. The molecule has 7 nitrogen and oxygen atoms in total. The molecule has 0 bridgehead atoms. The number of hydrogen-bond donors (Lipinski definition) is 0. The first-order valence-corrected chi connectivity index (χ1v) is 5.87. The van der Waals surface area contributed by atoms with Gasteiger partial charge in [-0.3, -0.25) is 0 Å². The summed E-state index contributed by atoms with van der Waals surface area (Å²) < 4.78 is 12.3. The Hall–Kier alpha value is -2.96. The Morgan fingerprint density at radius 2 is 2.10 bits per heavy atom. The van der Waals surface area contributed by atoms with Gasteiger partial charge in [-0.15, -0.1) is 5.10 Å². The highest BCUT2D eigenvalue weighted by Gasteiger charge is 2.04. The predicted molar refractivity (Wildman–Crippen MR) is 70.0 cm³/mol. The molecule has 0 aliphatic carbocycles. The van der Waals surface area contributed by atoms with E-state index in [0.717, 1.165) is 5.69 Å². The molecule has 0 N–H and O–H groups in total. The second-order valence-corrected chi connectivity index (χ2v) is 3.83. The Balaban J connectivity index is 1.85. The van der Waals surface area contributed by atoms with Crippen LogP contribution in [-0.2, 0) is 0 Å². The van der Waals surface area contributed by atoms with Gasteiger partial charge in [0.25, 0.3) is 0 Å². The zero-order chi connectivity index (χ0) is 13.8. The van der Waals surface area contributed by atoms with E-state index < -0.39 is 0 Å². The van der Waals surface area contributed by atoms with Gasteiger partial charge in [-0.2, -0.15) is 4.98 Å². The van der Waals surface area contributed by atoms with Gasteiger partial charge >= 0.3 is 6.01 Å². The Morgan fingerprint density at radius 3 is 2.90 bits per heavy atom. The fraction of sp³-hybridized carbons (Fsp3) is 0.0769. The van der Waals surface area contributed by atoms with E-state index >= 15 is 0 Å². The average Bonchev–Trinajstić information content (AvgIpc) is 3.02. The number of aromatic nitrogens is 5. The SMILES string of the molecule is COc1ccnc(Oc2cccc(-n3ccnn3)c2)n1. The number of nitrogens with zero attached hydrogens (tertiary/aromatic N) is 5. The lowest BCUT2D eigenvalue weighted by atomic mass is 10.3. The molecule has 0 aliphatic rings. The van der Waals surface area contributed by atoms with Crippen molar-refractivity contribution in [3.05, 3.63) is 48.9 Å². The van der Waals surface area contributed by atoms with Gasteiger partial charge in [0.2, 0.25) is 5.88 Å². The largest absolute Gasteiger partial charge is 0.481 e. The monoisotopic (exact) mass is 269 g/mol. The van der Waals surface area contributed by atoms with Gasteiger partial charge in [-0.05, 0) is 12.1 Å². The molecule has 0 radical (unpaired) electrons. The number of methoxy groups -OCH3 is 1. The van der Waals surface area contributed by atoms with Gasteiger partial charge in [-0.1, -0.05) is 11.3 Å². The molecule has 2 aromatic heterocycles. The van der Waals surface area contributed by atoms with Gasteiger partial charge < -0.3 is 9.47 Å². The maximum atomic E-state index is 5.60. The van der Waals surface area contributed by atoms with Gasteiger partial charge in [-0.25, -0.2) is 9.67 Å². The highest BCUT2D eigenvalue weighted by atomic mass is 16.5. The Kier molecular flexibility index (Phi) is 3.24. The van der Waals surface area contributed by atoms with Gasteiger partial charge in [0, 0.05) is 18.3 Å². The summed E-state index contributed by atoms with van der Waals surface area (Å²) in [5, 5.41) is 7.69. The third kappa shape index (κ3) is 2.56. The standard InChI is InChI=1S/C13H11N5O2/c1-19-12-5-6-14-13(16-12)20-11-4-2-3-10(9-11)18-8-7-15-17-18/h2-9H,1H3.